The smallest absolute Gasteiger partial charge is 0.323 e. The summed E-state index contributed by atoms with van der Waals surface area (Å²) >= 11 is 0. The van der Waals surface area contributed by atoms with E-state index in [-0.39, 0.29) is 18.1 Å². The number of aromatic nitrogens is 3. The third kappa shape index (κ3) is 4.70. The molecule has 0 atom stereocenters. The average Bonchev–Trinajstić information content (AvgIpc) is 2.12. The summed E-state index contributed by atoms with van der Waals surface area (Å²) in [5.74, 6) is 0.471. The fourth-order valence-corrected chi connectivity index (χ4v) is 1.45. The molecule has 0 unspecified atom stereocenters. The highest BCUT2D eigenvalue weighted by Crippen LogP contribution is 2.15. The SMILES string of the molecule is CC(C)Oc1nc(N)nc(N(C)CC(C)(C)O)n1. The van der Waals surface area contributed by atoms with E-state index in [1.165, 1.54) is 0 Å². The molecule has 3 N–H and O–H groups in total. The fourth-order valence-electron chi connectivity index (χ4n) is 1.45. The van der Waals surface area contributed by atoms with Gasteiger partial charge in [0.05, 0.1) is 11.7 Å². The summed E-state index contributed by atoms with van der Waals surface area (Å²) in [6.45, 7) is 7.54. The molecule has 0 aliphatic rings. The number of hydrogen-bond donors (Lipinski definition) is 2. The Morgan fingerprint density at radius 2 is 1.94 bits per heavy atom. The topological polar surface area (TPSA) is 97.4 Å². The Balaban J connectivity index is 2.91. The first-order valence-electron chi connectivity index (χ1n) is 5.79. The molecular weight excluding hydrogens is 234 g/mol. The number of anilines is 2. The number of nitrogens with two attached hydrogens (primary N) is 1. The number of hydrogen-bond acceptors (Lipinski definition) is 7. The lowest BCUT2D eigenvalue weighted by Crippen LogP contribution is -2.37. The molecule has 7 heteroatoms. The fraction of sp³-hybridized carbons (Fsp3) is 0.727. The van der Waals surface area contributed by atoms with E-state index in [2.05, 4.69) is 15.0 Å². The molecule has 0 aliphatic carbocycles. The van der Waals surface area contributed by atoms with Crippen molar-refractivity contribution in [3.8, 4) is 6.01 Å². The molecule has 7 nitrogen and oxygen atoms in total. The van der Waals surface area contributed by atoms with E-state index in [0.29, 0.717) is 12.5 Å². The van der Waals surface area contributed by atoms with Gasteiger partial charge in [0.1, 0.15) is 0 Å². The Morgan fingerprint density at radius 3 is 2.44 bits per heavy atom. The van der Waals surface area contributed by atoms with Crippen LogP contribution in [-0.2, 0) is 0 Å². The lowest BCUT2D eigenvalue weighted by atomic mass is 10.1. The van der Waals surface area contributed by atoms with Crippen LogP contribution in [-0.4, -0.2) is 45.4 Å². The van der Waals surface area contributed by atoms with Gasteiger partial charge in [0, 0.05) is 13.6 Å². The van der Waals surface area contributed by atoms with Crippen molar-refractivity contribution in [3.05, 3.63) is 0 Å². The second-order valence-corrected chi connectivity index (χ2v) is 5.11. The van der Waals surface area contributed by atoms with Crippen molar-refractivity contribution >= 4 is 11.9 Å². The average molecular weight is 255 g/mol. The van der Waals surface area contributed by atoms with E-state index in [1.54, 1.807) is 25.8 Å². The molecular formula is C11H21N5O2. The van der Waals surface area contributed by atoms with Crippen LogP contribution in [0.1, 0.15) is 27.7 Å². The Labute approximate surface area is 107 Å². The summed E-state index contributed by atoms with van der Waals surface area (Å²) in [4.78, 5) is 13.8. The number of nitrogens with zero attached hydrogens (tertiary/aromatic N) is 4. The Morgan fingerprint density at radius 1 is 1.33 bits per heavy atom. The molecule has 0 aromatic carbocycles. The van der Waals surface area contributed by atoms with E-state index < -0.39 is 5.60 Å². The van der Waals surface area contributed by atoms with Gasteiger partial charge >= 0.3 is 6.01 Å². The summed E-state index contributed by atoms with van der Waals surface area (Å²) in [5.41, 5.74) is 4.75. The molecule has 0 spiro atoms. The zero-order valence-electron chi connectivity index (χ0n) is 11.5. The van der Waals surface area contributed by atoms with Crippen molar-refractivity contribution in [1.82, 2.24) is 15.0 Å². The van der Waals surface area contributed by atoms with Crippen molar-refractivity contribution in [2.24, 2.45) is 0 Å². The van der Waals surface area contributed by atoms with Crippen LogP contribution in [0.4, 0.5) is 11.9 Å². The first-order chi connectivity index (χ1) is 8.17. The number of ether oxygens (including phenoxy) is 1. The molecule has 0 bridgehead atoms. The first-order valence-corrected chi connectivity index (χ1v) is 5.79. The second kappa shape index (κ2) is 5.34. The predicted octanol–water partition coefficient (Wildman–Crippen LogP) is 0.448. The maximum atomic E-state index is 9.76. The van der Waals surface area contributed by atoms with Crippen LogP contribution in [0.25, 0.3) is 0 Å². The summed E-state index contributed by atoms with van der Waals surface area (Å²) in [7, 11) is 1.77. The minimum Gasteiger partial charge on any atom is -0.461 e. The maximum Gasteiger partial charge on any atom is 0.323 e. The standard InChI is InChI=1S/C11H21N5O2/c1-7(2)18-10-14-8(12)13-9(15-10)16(5)6-11(3,4)17/h7,17H,6H2,1-5H3,(H2,12,13,14,15). The van der Waals surface area contributed by atoms with Gasteiger partial charge in [0.2, 0.25) is 11.9 Å². The van der Waals surface area contributed by atoms with Crippen LogP contribution >= 0.6 is 0 Å². The van der Waals surface area contributed by atoms with E-state index >= 15 is 0 Å². The van der Waals surface area contributed by atoms with Crippen molar-refractivity contribution in [3.63, 3.8) is 0 Å². The number of nitrogen functional groups attached to an aromatic ring is 1. The molecule has 0 aliphatic heterocycles. The zero-order chi connectivity index (χ0) is 13.9. The van der Waals surface area contributed by atoms with Crippen molar-refractivity contribution in [2.45, 2.75) is 39.4 Å². The van der Waals surface area contributed by atoms with Crippen LogP contribution in [0.5, 0.6) is 6.01 Å². The summed E-state index contributed by atoms with van der Waals surface area (Å²) < 4.78 is 5.38. The van der Waals surface area contributed by atoms with Gasteiger partial charge in [0.25, 0.3) is 0 Å². The molecule has 1 heterocycles. The quantitative estimate of drug-likeness (QED) is 0.788. The van der Waals surface area contributed by atoms with Crippen molar-refractivity contribution < 1.29 is 9.84 Å². The van der Waals surface area contributed by atoms with Gasteiger partial charge in [-0.25, -0.2) is 0 Å². The van der Waals surface area contributed by atoms with Crippen LogP contribution in [0.2, 0.25) is 0 Å². The second-order valence-electron chi connectivity index (χ2n) is 5.11. The number of aliphatic hydroxyl groups is 1. The zero-order valence-corrected chi connectivity index (χ0v) is 11.5. The summed E-state index contributed by atoms with van der Waals surface area (Å²) in [5, 5.41) is 9.76. The number of rotatable bonds is 5. The maximum absolute atomic E-state index is 9.76. The normalized spacial score (nSPS) is 11.7. The van der Waals surface area contributed by atoms with Gasteiger partial charge in [-0.05, 0) is 27.7 Å². The van der Waals surface area contributed by atoms with Crippen molar-refractivity contribution in [2.75, 3.05) is 24.2 Å². The third-order valence-electron chi connectivity index (χ3n) is 1.93. The highest BCUT2D eigenvalue weighted by atomic mass is 16.5. The summed E-state index contributed by atoms with van der Waals surface area (Å²) in [6, 6.07) is 0.190. The van der Waals surface area contributed by atoms with Crippen LogP contribution in [0.3, 0.4) is 0 Å². The van der Waals surface area contributed by atoms with Crippen molar-refractivity contribution in [1.29, 1.82) is 0 Å². The van der Waals surface area contributed by atoms with Crippen LogP contribution < -0.4 is 15.4 Å². The Kier molecular flexibility index (Phi) is 4.28. The molecule has 0 amide bonds. The summed E-state index contributed by atoms with van der Waals surface area (Å²) in [6.07, 6.45) is -0.0424. The molecule has 102 valence electrons. The molecule has 1 aromatic heterocycles. The van der Waals surface area contributed by atoms with Gasteiger partial charge in [-0.2, -0.15) is 15.0 Å². The highest BCUT2D eigenvalue weighted by Gasteiger charge is 2.19. The minimum atomic E-state index is -0.852. The third-order valence-corrected chi connectivity index (χ3v) is 1.93. The monoisotopic (exact) mass is 255 g/mol. The van der Waals surface area contributed by atoms with Gasteiger partial charge in [-0.1, -0.05) is 0 Å². The van der Waals surface area contributed by atoms with Crippen LogP contribution in [0.15, 0.2) is 0 Å². The van der Waals surface area contributed by atoms with Gasteiger partial charge < -0.3 is 20.5 Å². The van der Waals surface area contributed by atoms with Gasteiger partial charge in [0.15, 0.2) is 0 Å². The van der Waals surface area contributed by atoms with Gasteiger partial charge in [-0.3, -0.25) is 0 Å². The Hall–Kier alpha value is -1.63. The minimum absolute atomic E-state index is 0.0424. The molecule has 0 saturated heterocycles. The van der Waals surface area contributed by atoms with E-state index in [4.69, 9.17) is 10.5 Å². The number of likely N-dealkylation sites (N-methyl/N-ethyl adjacent to an activating group) is 1. The molecule has 0 fully saturated rings. The molecule has 0 radical (unpaired) electrons. The molecule has 0 saturated carbocycles. The molecule has 1 aromatic rings. The van der Waals surface area contributed by atoms with E-state index in [0.717, 1.165) is 0 Å². The molecule has 1 rings (SSSR count). The Bertz CT molecular complexity index is 403. The predicted molar refractivity (Wildman–Crippen MR) is 69.6 cm³/mol. The lowest BCUT2D eigenvalue weighted by molar-refractivity contribution is 0.0882. The van der Waals surface area contributed by atoms with E-state index in [9.17, 15) is 5.11 Å². The van der Waals surface area contributed by atoms with Gasteiger partial charge in [-0.15, -0.1) is 0 Å². The molecule has 18 heavy (non-hydrogen) atoms. The van der Waals surface area contributed by atoms with Crippen LogP contribution in [0, 0.1) is 0 Å². The van der Waals surface area contributed by atoms with E-state index in [1.807, 2.05) is 13.8 Å². The highest BCUT2D eigenvalue weighted by molar-refractivity contribution is 5.35. The lowest BCUT2D eigenvalue weighted by Gasteiger charge is -2.25. The first kappa shape index (κ1) is 14.4. The largest absolute Gasteiger partial charge is 0.461 e.